The van der Waals surface area contributed by atoms with E-state index in [0.717, 1.165) is 5.69 Å². The van der Waals surface area contributed by atoms with Crippen LogP contribution in [0.25, 0.3) is 0 Å². The first kappa shape index (κ1) is 8.74. The topological polar surface area (TPSA) is 44.7 Å². The van der Waals surface area contributed by atoms with Crippen molar-refractivity contribution < 1.29 is 4.79 Å². The molecule has 1 N–H and O–H groups in total. The van der Waals surface area contributed by atoms with E-state index in [2.05, 4.69) is 10.3 Å². The first-order chi connectivity index (χ1) is 6.77. The molecule has 1 amide bonds. The van der Waals surface area contributed by atoms with E-state index in [1.54, 1.807) is 0 Å². The van der Waals surface area contributed by atoms with E-state index in [1.807, 2.05) is 42.3 Å². The highest BCUT2D eigenvalue weighted by atomic mass is 16.2. The largest absolute Gasteiger partial charge is 0.315 e. The number of guanidine groups is 1. The zero-order valence-electron chi connectivity index (χ0n) is 7.90. The highest BCUT2D eigenvalue weighted by molar-refractivity contribution is 6.09. The van der Waals surface area contributed by atoms with Gasteiger partial charge >= 0.3 is 0 Å². The molecular weight excluding hydrogens is 178 g/mol. The number of nitrogens with one attached hydrogen (secondary N) is 1. The lowest BCUT2D eigenvalue weighted by molar-refractivity contribution is -0.117. The Kier molecular flexibility index (Phi) is 2.18. The van der Waals surface area contributed by atoms with E-state index in [-0.39, 0.29) is 12.5 Å². The van der Waals surface area contributed by atoms with E-state index in [0.29, 0.717) is 5.96 Å². The third-order valence-corrected chi connectivity index (χ3v) is 2.08. The van der Waals surface area contributed by atoms with E-state index in [1.165, 1.54) is 0 Å². The molecule has 1 aliphatic rings. The van der Waals surface area contributed by atoms with Crippen molar-refractivity contribution in [2.75, 3.05) is 18.5 Å². The molecule has 72 valence electrons. The third-order valence-electron chi connectivity index (χ3n) is 2.08. The van der Waals surface area contributed by atoms with E-state index in [4.69, 9.17) is 0 Å². The molecule has 0 bridgehead atoms. The Labute approximate surface area is 82.3 Å². The van der Waals surface area contributed by atoms with Gasteiger partial charge in [0.05, 0.1) is 0 Å². The van der Waals surface area contributed by atoms with Crippen molar-refractivity contribution in [3.05, 3.63) is 30.3 Å². The number of para-hydroxylation sites is 1. The SMILES string of the molecule is CN(C1=NCC(=O)N1)c1ccccc1. The van der Waals surface area contributed by atoms with Gasteiger partial charge in [0.2, 0.25) is 11.9 Å². The Morgan fingerprint density at radius 2 is 2.07 bits per heavy atom. The summed E-state index contributed by atoms with van der Waals surface area (Å²) in [5.41, 5.74) is 1.01. The van der Waals surface area contributed by atoms with Crippen LogP contribution >= 0.6 is 0 Å². The van der Waals surface area contributed by atoms with E-state index >= 15 is 0 Å². The van der Waals surface area contributed by atoms with Gasteiger partial charge in [-0.05, 0) is 12.1 Å². The van der Waals surface area contributed by atoms with Crippen LogP contribution in [-0.2, 0) is 4.79 Å². The van der Waals surface area contributed by atoms with Gasteiger partial charge in [-0.2, -0.15) is 0 Å². The molecule has 0 radical (unpaired) electrons. The lowest BCUT2D eigenvalue weighted by atomic mass is 10.3. The number of benzene rings is 1. The van der Waals surface area contributed by atoms with E-state index < -0.39 is 0 Å². The fourth-order valence-corrected chi connectivity index (χ4v) is 1.31. The fourth-order valence-electron chi connectivity index (χ4n) is 1.31. The minimum absolute atomic E-state index is 0.0530. The molecule has 14 heavy (non-hydrogen) atoms. The van der Waals surface area contributed by atoms with Crippen LogP contribution in [0.1, 0.15) is 0 Å². The monoisotopic (exact) mass is 189 g/mol. The summed E-state index contributed by atoms with van der Waals surface area (Å²) in [6.07, 6.45) is 0. The average Bonchev–Trinajstić information content (AvgIpc) is 2.65. The van der Waals surface area contributed by atoms with Crippen molar-refractivity contribution >= 4 is 17.6 Å². The van der Waals surface area contributed by atoms with Crippen LogP contribution in [0.2, 0.25) is 0 Å². The minimum Gasteiger partial charge on any atom is -0.315 e. The predicted molar refractivity (Wildman–Crippen MR) is 55.3 cm³/mol. The first-order valence-corrected chi connectivity index (χ1v) is 4.40. The highest BCUT2D eigenvalue weighted by Crippen LogP contribution is 2.11. The fraction of sp³-hybridized carbons (Fsp3) is 0.200. The van der Waals surface area contributed by atoms with Gasteiger partial charge in [-0.3, -0.25) is 10.1 Å². The summed E-state index contributed by atoms with van der Waals surface area (Å²) in [5.74, 6) is 0.559. The number of rotatable bonds is 1. The Balaban J connectivity index is 2.17. The highest BCUT2D eigenvalue weighted by Gasteiger charge is 2.17. The van der Waals surface area contributed by atoms with Gasteiger partial charge in [-0.25, -0.2) is 4.99 Å². The molecule has 2 rings (SSSR count). The van der Waals surface area contributed by atoms with Crippen LogP contribution in [0.4, 0.5) is 5.69 Å². The van der Waals surface area contributed by atoms with Gasteiger partial charge < -0.3 is 4.90 Å². The molecule has 0 saturated carbocycles. The lowest BCUT2D eigenvalue weighted by Gasteiger charge is -2.18. The quantitative estimate of drug-likeness (QED) is 0.703. The smallest absolute Gasteiger partial charge is 0.248 e. The van der Waals surface area contributed by atoms with Crippen molar-refractivity contribution in [2.24, 2.45) is 4.99 Å². The Bertz CT molecular complexity index is 372. The summed E-state index contributed by atoms with van der Waals surface area (Å²) in [4.78, 5) is 16.9. The van der Waals surface area contributed by atoms with Gasteiger partial charge in [0.1, 0.15) is 6.54 Å². The number of amides is 1. The summed E-state index contributed by atoms with van der Waals surface area (Å²) in [5, 5.41) is 2.69. The zero-order chi connectivity index (χ0) is 9.97. The molecule has 1 heterocycles. The molecule has 0 fully saturated rings. The molecule has 4 nitrogen and oxygen atoms in total. The summed E-state index contributed by atoms with van der Waals surface area (Å²) >= 11 is 0. The van der Waals surface area contributed by atoms with Gasteiger partial charge in [0.25, 0.3) is 0 Å². The maximum Gasteiger partial charge on any atom is 0.248 e. The maximum absolute atomic E-state index is 10.9. The Morgan fingerprint density at radius 3 is 2.64 bits per heavy atom. The summed E-state index contributed by atoms with van der Waals surface area (Å²) in [6.45, 7) is 0.229. The number of nitrogens with zero attached hydrogens (tertiary/aromatic N) is 2. The van der Waals surface area contributed by atoms with Crippen molar-refractivity contribution in [1.29, 1.82) is 0 Å². The Morgan fingerprint density at radius 1 is 1.36 bits per heavy atom. The third kappa shape index (κ3) is 1.59. The van der Waals surface area contributed by atoms with Crippen LogP contribution in [0.15, 0.2) is 35.3 Å². The maximum atomic E-state index is 10.9. The van der Waals surface area contributed by atoms with Crippen molar-refractivity contribution in [1.82, 2.24) is 5.32 Å². The Hall–Kier alpha value is -1.84. The van der Waals surface area contributed by atoms with Gasteiger partial charge in [-0.1, -0.05) is 18.2 Å². The normalized spacial score (nSPS) is 14.9. The summed E-state index contributed by atoms with van der Waals surface area (Å²) in [7, 11) is 1.87. The number of aliphatic imine (C=N–C) groups is 1. The molecule has 1 aromatic carbocycles. The van der Waals surface area contributed by atoms with Gasteiger partial charge in [0.15, 0.2) is 0 Å². The second kappa shape index (κ2) is 3.49. The van der Waals surface area contributed by atoms with Gasteiger partial charge in [0, 0.05) is 12.7 Å². The molecule has 1 aromatic rings. The molecule has 0 unspecified atom stereocenters. The first-order valence-electron chi connectivity index (χ1n) is 4.40. The molecule has 1 aliphatic heterocycles. The van der Waals surface area contributed by atoms with Crippen LogP contribution in [0.3, 0.4) is 0 Å². The summed E-state index contributed by atoms with van der Waals surface area (Å²) < 4.78 is 0. The number of hydrogen-bond acceptors (Lipinski definition) is 3. The van der Waals surface area contributed by atoms with Crippen LogP contribution in [-0.4, -0.2) is 25.5 Å². The van der Waals surface area contributed by atoms with Crippen LogP contribution < -0.4 is 10.2 Å². The molecule has 4 heteroatoms. The van der Waals surface area contributed by atoms with E-state index in [9.17, 15) is 4.79 Å². The average molecular weight is 189 g/mol. The molecular formula is C10H11N3O. The second-order valence-electron chi connectivity index (χ2n) is 3.08. The standard InChI is InChI=1S/C10H11N3O/c1-13(8-5-3-2-4-6-8)10-11-7-9(14)12-10/h2-6H,7H2,1H3,(H,11,12,14). The van der Waals surface area contributed by atoms with Crippen LogP contribution in [0.5, 0.6) is 0 Å². The number of carbonyl (C=O) groups is 1. The molecule has 0 aromatic heterocycles. The molecule has 0 atom stereocenters. The number of anilines is 1. The molecule has 0 aliphatic carbocycles. The van der Waals surface area contributed by atoms with Crippen molar-refractivity contribution in [2.45, 2.75) is 0 Å². The predicted octanol–water partition coefficient (Wildman–Crippen LogP) is 0.609. The second-order valence-corrected chi connectivity index (χ2v) is 3.08. The minimum atomic E-state index is -0.0530. The number of hydrogen-bond donors (Lipinski definition) is 1. The van der Waals surface area contributed by atoms with Crippen LogP contribution in [0, 0.1) is 0 Å². The molecule has 0 saturated heterocycles. The zero-order valence-corrected chi connectivity index (χ0v) is 7.90. The number of carbonyl (C=O) groups excluding carboxylic acids is 1. The summed E-state index contributed by atoms with van der Waals surface area (Å²) in [6, 6.07) is 9.78. The van der Waals surface area contributed by atoms with Crippen molar-refractivity contribution in [3.63, 3.8) is 0 Å². The van der Waals surface area contributed by atoms with Gasteiger partial charge in [-0.15, -0.1) is 0 Å². The van der Waals surface area contributed by atoms with Crippen molar-refractivity contribution in [3.8, 4) is 0 Å². The lowest BCUT2D eigenvalue weighted by Crippen LogP contribution is -2.37. The molecule has 0 spiro atoms.